The van der Waals surface area contributed by atoms with Gasteiger partial charge in [0.05, 0.1) is 32.7 Å². The van der Waals surface area contributed by atoms with Gasteiger partial charge in [-0.15, -0.1) is 0 Å². The molecule has 7 nitrogen and oxygen atoms in total. The van der Waals surface area contributed by atoms with Gasteiger partial charge in [0.15, 0.2) is 0 Å². The van der Waals surface area contributed by atoms with Crippen molar-refractivity contribution in [1.82, 2.24) is 9.78 Å². The fourth-order valence-corrected chi connectivity index (χ4v) is 3.33. The summed E-state index contributed by atoms with van der Waals surface area (Å²) in [4.78, 5) is 13.2. The molecule has 0 saturated carbocycles. The zero-order chi connectivity index (χ0) is 23.4. The van der Waals surface area contributed by atoms with Gasteiger partial charge in [-0.05, 0) is 66.7 Å². The largest absolute Gasteiger partial charge is 0.497 e. The summed E-state index contributed by atoms with van der Waals surface area (Å²) in [6.07, 6.45) is 0. The molecule has 168 valence electrons. The first-order valence-corrected chi connectivity index (χ1v) is 10.1. The second-order valence-electron chi connectivity index (χ2n) is 7.05. The van der Waals surface area contributed by atoms with Gasteiger partial charge in [-0.3, -0.25) is 4.79 Å². The Labute approximate surface area is 190 Å². The Bertz CT molecular complexity index is 1270. The molecule has 0 radical (unpaired) electrons. The summed E-state index contributed by atoms with van der Waals surface area (Å²) in [6.45, 7) is 0. The van der Waals surface area contributed by atoms with Crippen LogP contribution in [0.4, 0.5) is 10.1 Å². The van der Waals surface area contributed by atoms with Crippen LogP contribution in [0.5, 0.6) is 17.2 Å². The summed E-state index contributed by atoms with van der Waals surface area (Å²) >= 11 is 0. The number of carbonyl (C=O) groups is 1. The molecule has 1 heterocycles. The van der Waals surface area contributed by atoms with Crippen molar-refractivity contribution in [2.24, 2.45) is 0 Å². The zero-order valence-corrected chi connectivity index (χ0v) is 18.3. The van der Waals surface area contributed by atoms with Crippen LogP contribution in [0.15, 0.2) is 72.8 Å². The van der Waals surface area contributed by atoms with Crippen LogP contribution in [0.1, 0.15) is 10.5 Å². The van der Waals surface area contributed by atoms with E-state index in [1.165, 1.54) is 28.9 Å². The highest BCUT2D eigenvalue weighted by Gasteiger charge is 2.20. The van der Waals surface area contributed by atoms with E-state index in [9.17, 15) is 9.18 Å². The molecule has 33 heavy (non-hydrogen) atoms. The Morgan fingerprint density at radius 3 is 2.15 bits per heavy atom. The minimum Gasteiger partial charge on any atom is -0.497 e. The van der Waals surface area contributed by atoms with E-state index in [1.807, 2.05) is 6.07 Å². The van der Waals surface area contributed by atoms with Crippen molar-refractivity contribution >= 4 is 11.6 Å². The van der Waals surface area contributed by atoms with E-state index >= 15 is 0 Å². The van der Waals surface area contributed by atoms with Crippen molar-refractivity contribution in [3.8, 4) is 34.2 Å². The summed E-state index contributed by atoms with van der Waals surface area (Å²) in [5.41, 5.74) is 2.65. The van der Waals surface area contributed by atoms with Gasteiger partial charge in [-0.25, -0.2) is 9.07 Å². The fourth-order valence-electron chi connectivity index (χ4n) is 3.33. The molecule has 1 aromatic heterocycles. The Kier molecular flexibility index (Phi) is 6.26. The number of methoxy groups -OCH3 is 3. The number of benzene rings is 3. The molecule has 0 spiro atoms. The highest BCUT2D eigenvalue weighted by Crippen LogP contribution is 2.33. The highest BCUT2D eigenvalue weighted by molar-refractivity contribution is 6.04. The number of amides is 1. The van der Waals surface area contributed by atoms with E-state index in [2.05, 4.69) is 10.4 Å². The average molecular weight is 447 g/mol. The van der Waals surface area contributed by atoms with Gasteiger partial charge in [0.25, 0.3) is 5.91 Å². The number of nitrogens with zero attached hydrogens (tertiary/aromatic N) is 2. The number of hydrogen-bond donors (Lipinski definition) is 1. The fraction of sp³-hybridized carbons (Fsp3) is 0.120. The van der Waals surface area contributed by atoms with Crippen molar-refractivity contribution in [3.05, 3.63) is 84.3 Å². The van der Waals surface area contributed by atoms with E-state index in [-0.39, 0.29) is 11.5 Å². The number of ether oxygens (including phenoxy) is 3. The van der Waals surface area contributed by atoms with Gasteiger partial charge >= 0.3 is 0 Å². The molecular weight excluding hydrogens is 425 g/mol. The third-order valence-corrected chi connectivity index (χ3v) is 5.05. The molecule has 4 aromatic rings. The molecule has 0 aliphatic carbocycles. The number of carbonyl (C=O) groups excluding carboxylic acids is 1. The molecular formula is C25H22FN3O4. The first-order chi connectivity index (χ1) is 16.0. The van der Waals surface area contributed by atoms with Crippen LogP contribution in [-0.4, -0.2) is 37.0 Å². The van der Waals surface area contributed by atoms with E-state index in [1.54, 1.807) is 63.8 Å². The SMILES string of the molecule is COc1ccc(-n2nc(-c3ccc(OC)cc3OC)cc2C(=O)Nc2ccc(F)cc2)cc1. The van der Waals surface area contributed by atoms with Crippen molar-refractivity contribution in [1.29, 1.82) is 0 Å². The first-order valence-electron chi connectivity index (χ1n) is 10.1. The van der Waals surface area contributed by atoms with Crippen LogP contribution in [-0.2, 0) is 0 Å². The van der Waals surface area contributed by atoms with Crippen molar-refractivity contribution in [3.63, 3.8) is 0 Å². The number of nitrogens with one attached hydrogen (secondary N) is 1. The van der Waals surface area contributed by atoms with E-state index in [0.717, 1.165) is 0 Å². The van der Waals surface area contributed by atoms with Crippen LogP contribution in [0.3, 0.4) is 0 Å². The van der Waals surface area contributed by atoms with Gasteiger partial charge < -0.3 is 19.5 Å². The Morgan fingerprint density at radius 2 is 1.52 bits per heavy atom. The summed E-state index contributed by atoms with van der Waals surface area (Å²) in [7, 11) is 4.71. The molecule has 0 bridgehead atoms. The summed E-state index contributed by atoms with van der Waals surface area (Å²) < 4.78 is 30.8. The summed E-state index contributed by atoms with van der Waals surface area (Å²) in [6, 6.07) is 19.8. The second kappa shape index (κ2) is 9.44. The summed E-state index contributed by atoms with van der Waals surface area (Å²) in [5.74, 6) is 1.09. The molecule has 1 N–H and O–H groups in total. The van der Waals surface area contributed by atoms with Gasteiger partial charge in [0, 0.05) is 17.3 Å². The van der Waals surface area contributed by atoms with E-state index in [4.69, 9.17) is 14.2 Å². The summed E-state index contributed by atoms with van der Waals surface area (Å²) in [5, 5.41) is 7.47. The van der Waals surface area contributed by atoms with Gasteiger partial charge in [0.1, 0.15) is 28.8 Å². The first kappa shape index (κ1) is 21.9. The molecule has 3 aromatic carbocycles. The molecule has 0 unspecified atom stereocenters. The smallest absolute Gasteiger partial charge is 0.274 e. The number of aromatic nitrogens is 2. The highest BCUT2D eigenvalue weighted by atomic mass is 19.1. The quantitative estimate of drug-likeness (QED) is 0.434. The Balaban J connectivity index is 1.79. The van der Waals surface area contributed by atoms with Crippen LogP contribution in [0, 0.1) is 5.82 Å². The Hall–Kier alpha value is -4.33. The number of halogens is 1. The second-order valence-corrected chi connectivity index (χ2v) is 7.05. The standard InChI is InChI=1S/C25H22FN3O4/c1-31-19-10-8-18(9-11-19)29-23(25(30)27-17-6-4-16(26)5-7-17)15-22(28-29)21-13-12-20(32-2)14-24(21)33-3/h4-15H,1-3H3,(H,27,30). The minimum atomic E-state index is -0.399. The van der Waals surface area contributed by atoms with Gasteiger partial charge in [-0.1, -0.05) is 0 Å². The minimum absolute atomic E-state index is 0.289. The van der Waals surface area contributed by atoms with Crippen LogP contribution in [0.2, 0.25) is 0 Å². The van der Waals surface area contributed by atoms with Crippen molar-refractivity contribution < 1.29 is 23.4 Å². The van der Waals surface area contributed by atoms with Crippen LogP contribution >= 0.6 is 0 Å². The molecule has 0 aliphatic heterocycles. The van der Waals surface area contributed by atoms with Crippen molar-refractivity contribution in [2.45, 2.75) is 0 Å². The normalized spacial score (nSPS) is 10.5. The number of rotatable bonds is 7. The molecule has 0 aliphatic rings. The molecule has 1 amide bonds. The lowest BCUT2D eigenvalue weighted by molar-refractivity contribution is 0.101. The predicted molar refractivity (Wildman–Crippen MR) is 123 cm³/mol. The third kappa shape index (κ3) is 4.64. The van der Waals surface area contributed by atoms with Gasteiger partial charge in [-0.2, -0.15) is 5.10 Å². The maximum atomic E-state index is 13.3. The lowest BCUT2D eigenvalue weighted by atomic mass is 10.1. The van der Waals surface area contributed by atoms with E-state index < -0.39 is 5.91 Å². The third-order valence-electron chi connectivity index (χ3n) is 5.05. The maximum absolute atomic E-state index is 13.3. The topological polar surface area (TPSA) is 74.6 Å². The maximum Gasteiger partial charge on any atom is 0.274 e. The van der Waals surface area contributed by atoms with Gasteiger partial charge in [0.2, 0.25) is 0 Å². The molecule has 4 rings (SSSR count). The van der Waals surface area contributed by atoms with Crippen LogP contribution < -0.4 is 19.5 Å². The zero-order valence-electron chi connectivity index (χ0n) is 18.3. The number of anilines is 1. The molecule has 8 heteroatoms. The predicted octanol–water partition coefficient (Wildman–Crippen LogP) is 4.96. The lowest BCUT2D eigenvalue weighted by Crippen LogP contribution is -2.17. The molecule has 0 saturated heterocycles. The Morgan fingerprint density at radius 1 is 0.848 bits per heavy atom. The van der Waals surface area contributed by atoms with E-state index in [0.29, 0.717) is 39.9 Å². The molecule has 0 fully saturated rings. The van der Waals surface area contributed by atoms with Crippen LogP contribution in [0.25, 0.3) is 16.9 Å². The number of hydrogen-bond acceptors (Lipinski definition) is 5. The molecule has 0 atom stereocenters. The monoisotopic (exact) mass is 447 g/mol. The van der Waals surface area contributed by atoms with Crippen molar-refractivity contribution in [2.75, 3.05) is 26.6 Å². The average Bonchev–Trinajstić information content (AvgIpc) is 3.30. The lowest BCUT2D eigenvalue weighted by Gasteiger charge is -2.09.